The van der Waals surface area contributed by atoms with Gasteiger partial charge in [0.1, 0.15) is 16.3 Å². The second kappa shape index (κ2) is 11.3. The number of amides is 1. The third-order valence-electron chi connectivity index (χ3n) is 4.47. The zero-order valence-electron chi connectivity index (χ0n) is 18.1. The molecule has 0 aliphatic carbocycles. The number of ether oxygens (including phenoxy) is 4. The van der Waals surface area contributed by atoms with Gasteiger partial charge in [-0.2, -0.15) is 0 Å². The van der Waals surface area contributed by atoms with Gasteiger partial charge in [-0.15, -0.1) is 11.3 Å². The summed E-state index contributed by atoms with van der Waals surface area (Å²) in [6.45, 7) is 1.58. The fraction of sp³-hybridized carbons (Fsp3) is 0.217. The lowest BCUT2D eigenvalue weighted by atomic mass is 10.0. The van der Waals surface area contributed by atoms with Gasteiger partial charge < -0.3 is 24.3 Å². The number of esters is 1. The molecule has 0 bridgehead atoms. The van der Waals surface area contributed by atoms with Crippen LogP contribution >= 0.6 is 34.5 Å². The average molecular weight is 510 g/mol. The predicted octanol–water partition coefficient (Wildman–Crippen LogP) is 5.93. The van der Waals surface area contributed by atoms with Crippen LogP contribution in [0, 0.1) is 0 Å². The molecule has 0 unspecified atom stereocenters. The molecule has 1 amide bonds. The molecule has 1 aromatic heterocycles. The number of thiophene rings is 1. The molecular formula is C23H21Cl2NO6S. The van der Waals surface area contributed by atoms with Gasteiger partial charge in [-0.1, -0.05) is 29.3 Å². The van der Waals surface area contributed by atoms with E-state index in [0.717, 1.165) is 0 Å². The van der Waals surface area contributed by atoms with E-state index in [2.05, 4.69) is 5.32 Å². The largest absolute Gasteiger partial charge is 0.493 e. The van der Waals surface area contributed by atoms with Crippen LogP contribution in [-0.4, -0.2) is 39.3 Å². The number of nitrogens with one attached hydrogen (secondary N) is 1. The molecule has 7 nitrogen and oxygen atoms in total. The van der Waals surface area contributed by atoms with Crippen molar-refractivity contribution in [1.82, 2.24) is 0 Å². The number of hydrogen-bond donors (Lipinski definition) is 1. The van der Waals surface area contributed by atoms with Gasteiger partial charge in [-0.3, -0.25) is 4.79 Å². The van der Waals surface area contributed by atoms with Crippen LogP contribution in [0.1, 0.15) is 17.3 Å². The van der Waals surface area contributed by atoms with E-state index in [1.165, 1.54) is 24.5 Å². The van der Waals surface area contributed by atoms with E-state index < -0.39 is 11.9 Å². The summed E-state index contributed by atoms with van der Waals surface area (Å²) in [6.07, 6.45) is 0. The van der Waals surface area contributed by atoms with Gasteiger partial charge >= 0.3 is 5.97 Å². The van der Waals surface area contributed by atoms with Crippen molar-refractivity contribution in [2.24, 2.45) is 0 Å². The molecular weight excluding hydrogens is 489 g/mol. The van der Waals surface area contributed by atoms with Gasteiger partial charge in [-0.05, 0) is 42.8 Å². The number of halogens is 2. The van der Waals surface area contributed by atoms with Crippen molar-refractivity contribution < 1.29 is 28.5 Å². The van der Waals surface area contributed by atoms with E-state index in [-0.39, 0.29) is 23.8 Å². The lowest BCUT2D eigenvalue weighted by molar-refractivity contribution is -0.118. The van der Waals surface area contributed by atoms with E-state index in [9.17, 15) is 9.59 Å². The van der Waals surface area contributed by atoms with Crippen LogP contribution in [0.15, 0.2) is 41.8 Å². The Morgan fingerprint density at radius 3 is 2.39 bits per heavy atom. The minimum Gasteiger partial charge on any atom is -0.493 e. The molecule has 2 aromatic carbocycles. The Kier molecular flexibility index (Phi) is 8.43. The third kappa shape index (κ3) is 5.90. The first-order valence-corrected chi connectivity index (χ1v) is 11.4. The molecule has 0 saturated carbocycles. The van der Waals surface area contributed by atoms with Crippen LogP contribution in [0.3, 0.4) is 0 Å². The summed E-state index contributed by atoms with van der Waals surface area (Å²) in [5.74, 6) is 0.363. The third-order valence-corrected chi connectivity index (χ3v) is 5.90. The zero-order chi connectivity index (χ0) is 24.0. The number of carbonyl (C=O) groups excluding carboxylic acids is 2. The number of hydrogen-bond acceptors (Lipinski definition) is 7. The fourth-order valence-electron chi connectivity index (χ4n) is 2.97. The maximum Gasteiger partial charge on any atom is 0.341 e. The predicted molar refractivity (Wildman–Crippen MR) is 129 cm³/mol. The van der Waals surface area contributed by atoms with Gasteiger partial charge in [0.25, 0.3) is 5.91 Å². The summed E-state index contributed by atoms with van der Waals surface area (Å²) in [5, 5.41) is 5.57. The highest BCUT2D eigenvalue weighted by Crippen LogP contribution is 2.39. The molecule has 1 heterocycles. The van der Waals surface area contributed by atoms with E-state index in [1.807, 2.05) is 0 Å². The molecule has 0 spiro atoms. The minimum atomic E-state index is -0.555. The minimum absolute atomic E-state index is 0.186. The van der Waals surface area contributed by atoms with Crippen molar-refractivity contribution in [3.63, 3.8) is 0 Å². The number of rotatable bonds is 9. The first-order valence-electron chi connectivity index (χ1n) is 9.76. The molecule has 3 aromatic rings. The van der Waals surface area contributed by atoms with Gasteiger partial charge in [0.05, 0.1) is 25.8 Å². The highest BCUT2D eigenvalue weighted by molar-refractivity contribution is 7.15. The SMILES string of the molecule is CCOC(=O)c1c(-c2ccc(OC)c(OC)c2)csc1NC(=O)COc1ccc(Cl)cc1Cl. The molecule has 33 heavy (non-hydrogen) atoms. The Morgan fingerprint density at radius 1 is 1.00 bits per heavy atom. The van der Waals surface area contributed by atoms with Crippen molar-refractivity contribution in [3.8, 4) is 28.4 Å². The molecule has 10 heteroatoms. The smallest absolute Gasteiger partial charge is 0.341 e. The average Bonchev–Trinajstić information content (AvgIpc) is 3.21. The van der Waals surface area contributed by atoms with Crippen molar-refractivity contribution in [2.75, 3.05) is 32.8 Å². The van der Waals surface area contributed by atoms with Crippen LogP contribution in [0.2, 0.25) is 10.0 Å². The lowest BCUT2D eigenvalue weighted by Crippen LogP contribution is -2.21. The van der Waals surface area contributed by atoms with Crippen LogP contribution in [-0.2, 0) is 9.53 Å². The van der Waals surface area contributed by atoms with Crippen LogP contribution < -0.4 is 19.5 Å². The number of methoxy groups -OCH3 is 2. The molecule has 0 radical (unpaired) electrons. The summed E-state index contributed by atoms with van der Waals surface area (Å²) >= 11 is 13.1. The molecule has 0 aliphatic rings. The van der Waals surface area contributed by atoms with Crippen LogP contribution in [0.5, 0.6) is 17.2 Å². The second-order valence-electron chi connectivity index (χ2n) is 6.56. The highest BCUT2D eigenvalue weighted by Gasteiger charge is 2.24. The van der Waals surface area contributed by atoms with Crippen molar-refractivity contribution in [3.05, 3.63) is 57.4 Å². The quantitative estimate of drug-likeness (QED) is 0.359. The topological polar surface area (TPSA) is 83.1 Å². The van der Waals surface area contributed by atoms with E-state index in [1.54, 1.807) is 49.7 Å². The number of carbonyl (C=O) groups is 2. The molecule has 3 rings (SSSR count). The molecule has 174 valence electrons. The Hall–Kier alpha value is -2.94. The van der Waals surface area contributed by atoms with Crippen molar-refractivity contribution in [1.29, 1.82) is 0 Å². The van der Waals surface area contributed by atoms with Crippen molar-refractivity contribution in [2.45, 2.75) is 6.92 Å². The molecule has 1 N–H and O–H groups in total. The van der Waals surface area contributed by atoms with Crippen LogP contribution in [0.25, 0.3) is 11.1 Å². The molecule has 0 fully saturated rings. The normalized spacial score (nSPS) is 10.5. The van der Waals surface area contributed by atoms with Gasteiger partial charge in [0.2, 0.25) is 0 Å². The highest BCUT2D eigenvalue weighted by atomic mass is 35.5. The first kappa shape index (κ1) is 24.7. The number of anilines is 1. The van der Waals surface area contributed by atoms with E-state index in [0.29, 0.717) is 38.4 Å². The van der Waals surface area contributed by atoms with E-state index >= 15 is 0 Å². The summed E-state index contributed by atoms with van der Waals surface area (Å²) in [6, 6.07) is 9.98. The summed E-state index contributed by atoms with van der Waals surface area (Å²) in [4.78, 5) is 25.3. The van der Waals surface area contributed by atoms with E-state index in [4.69, 9.17) is 42.1 Å². The second-order valence-corrected chi connectivity index (χ2v) is 8.28. The Bertz CT molecular complexity index is 1160. The van der Waals surface area contributed by atoms with Gasteiger partial charge in [0.15, 0.2) is 18.1 Å². The zero-order valence-corrected chi connectivity index (χ0v) is 20.4. The van der Waals surface area contributed by atoms with Crippen LogP contribution in [0.4, 0.5) is 5.00 Å². The number of benzene rings is 2. The lowest BCUT2D eigenvalue weighted by Gasteiger charge is -2.12. The van der Waals surface area contributed by atoms with Crippen molar-refractivity contribution >= 4 is 51.4 Å². The summed E-state index contributed by atoms with van der Waals surface area (Å²) < 4.78 is 21.3. The molecule has 0 aliphatic heterocycles. The first-order chi connectivity index (χ1) is 15.9. The Labute approximate surface area is 205 Å². The molecule has 0 atom stereocenters. The summed E-state index contributed by atoms with van der Waals surface area (Å²) in [7, 11) is 3.07. The van der Waals surface area contributed by atoms with Gasteiger partial charge in [-0.25, -0.2) is 4.79 Å². The maximum absolute atomic E-state index is 12.8. The van der Waals surface area contributed by atoms with Gasteiger partial charge in [0, 0.05) is 16.0 Å². The monoisotopic (exact) mass is 509 g/mol. The summed E-state index contributed by atoms with van der Waals surface area (Å²) in [5.41, 5.74) is 1.54. The molecule has 0 saturated heterocycles. The fourth-order valence-corrected chi connectivity index (χ4v) is 4.41. The Balaban J connectivity index is 1.85. The Morgan fingerprint density at radius 2 is 1.73 bits per heavy atom. The maximum atomic E-state index is 12.8. The standard InChI is InChI=1S/C23H21Cl2NO6S/c1-4-31-23(28)21-15(13-5-7-18(29-2)19(9-13)30-3)12-33-22(21)26-20(27)11-32-17-8-6-14(24)10-16(17)25/h5-10,12H,4,11H2,1-3H3,(H,26,27).